The van der Waals surface area contributed by atoms with Gasteiger partial charge in [0.15, 0.2) is 0 Å². The summed E-state index contributed by atoms with van der Waals surface area (Å²) in [5.41, 5.74) is -2.09. The van der Waals surface area contributed by atoms with Gasteiger partial charge in [0.2, 0.25) is 11.7 Å². The van der Waals surface area contributed by atoms with Crippen molar-refractivity contribution in [3.05, 3.63) is 32.9 Å². The molecular formula is C10H14FN3O6. The van der Waals surface area contributed by atoms with Crippen LogP contribution >= 0.6 is 0 Å². The van der Waals surface area contributed by atoms with Crippen molar-refractivity contribution in [1.82, 2.24) is 14.9 Å². The number of ether oxygens (including phenoxy) is 1. The number of methoxy groups -OCH3 is 1. The summed E-state index contributed by atoms with van der Waals surface area (Å²) in [6, 6.07) is -0.902. The van der Waals surface area contributed by atoms with E-state index in [0.29, 0.717) is 10.8 Å². The third-order valence-electron chi connectivity index (χ3n) is 2.21. The van der Waals surface area contributed by atoms with Gasteiger partial charge in [-0.25, -0.2) is 9.59 Å². The molecule has 0 aromatic carbocycles. The minimum Gasteiger partial charge on any atom is -0.467 e. The van der Waals surface area contributed by atoms with Crippen molar-refractivity contribution in [2.24, 2.45) is 0 Å². The highest BCUT2D eigenvalue weighted by Gasteiger charge is 2.16. The zero-order chi connectivity index (χ0) is 14.6. The maximum absolute atomic E-state index is 12.9. The van der Waals surface area contributed by atoms with Gasteiger partial charge in [-0.05, 0) is 6.92 Å². The number of halogens is 1. The maximum atomic E-state index is 12.9. The van der Waals surface area contributed by atoms with E-state index in [0.717, 1.165) is 7.11 Å². The Morgan fingerprint density at radius 2 is 2.10 bits per heavy atom. The molecule has 0 aliphatic carbocycles. The molecular weight excluding hydrogens is 277 g/mol. The van der Waals surface area contributed by atoms with E-state index in [1.54, 1.807) is 4.98 Å². The van der Waals surface area contributed by atoms with E-state index in [1.165, 1.54) is 6.92 Å². The highest BCUT2D eigenvalue weighted by molar-refractivity contribution is 5.83. The van der Waals surface area contributed by atoms with Crippen LogP contribution in [0.1, 0.15) is 6.92 Å². The number of hydrogen-bond donors (Lipinski definition) is 2. The molecule has 1 heterocycles. The van der Waals surface area contributed by atoms with Gasteiger partial charge in [0.25, 0.3) is 5.56 Å². The first kappa shape index (κ1) is 17.5. The molecule has 0 saturated heterocycles. The quantitative estimate of drug-likeness (QED) is 0.591. The molecule has 0 aliphatic heterocycles. The van der Waals surface area contributed by atoms with Crippen LogP contribution in [-0.4, -0.2) is 40.1 Å². The van der Waals surface area contributed by atoms with Crippen LogP contribution in [0.2, 0.25) is 0 Å². The van der Waals surface area contributed by atoms with Gasteiger partial charge in [-0.2, -0.15) is 4.39 Å². The van der Waals surface area contributed by atoms with Crippen molar-refractivity contribution >= 4 is 11.9 Å². The number of aromatic nitrogens is 2. The Hall–Kier alpha value is -2.49. The lowest BCUT2D eigenvalue weighted by Crippen LogP contribution is -2.43. The summed E-state index contributed by atoms with van der Waals surface area (Å²) in [5.74, 6) is -2.55. The lowest BCUT2D eigenvalue weighted by atomic mass is 10.3. The number of nitrogens with zero attached hydrogens (tertiary/aromatic N) is 1. The lowest BCUT2D eigenvalue weighted by Gasteiger charge is -2.12. The van der Waals surface area contributed by atoms with Gasteiger partial charge < -0.3 is 15.5 Å². The first-order valence-electron chi connectivity index (χ1n) is 5.21. The second kappa shape index (κ2) is 7.19. The molecule has 0 unspecified atom stereocenters. The molecule has 1 rings (SSSR count). The fourth-order valence-electron chi connectivity index (χ4n) is 1.28. The Morgan fingerprint density at radius 3 is 2.65 bits per heavy atom. The monoisotopic (exact) mass is 291 g/mol. The van der Waals surface area contributed by atoms with Gasteiger partial charge in [0.1, 0.15) is 12.6 Å². The third-order valence-corrected chi connectivity index (χ3v) is 2.21. The Bertz CT molecular complexity index is 608. The molecule has 1 aromatic heterocycles. The maximum Gasteiger partial charge on any atom is 0.328 e. The molecule has 1 amide bonds. The molecule has 0 aliphatic rings. The third kappa shape index (κ3) is 4.31. The summed E-state index contributed by atoms with van der Waals surface area (Å²) < 4.78 is 18.0. The summed E-state index contributed by atoms with van der Waals surface area (Å²) in [6.45, 7) is 0.855. The van der Waals surface area contributed by atoms with E-state index >= 15 is 0 Å². The molecule has 4 N–H and O–H groups in total. The van der Waals surface area contributed by atoms with Crippen molar-refractivity contribution in [3.63, 3.8) is 0 Å². The Balaban J connectivity index is 0.00000361. The summed E-state index contributed by atoms with van der Waals surface area (Å²) in [4.78, 5) is 46.3. The lowest BCUT2D eigenvalue weighted by molar-refractivity contribution is -0.144. The standard InChI is InChI=1S/C10H12FN3O5.H2O/c1-5(9(17)19-2)12-7(15)4-14-3-6(11)8(16)13-10(14)18;/h3,5H,4H2,1-2H3,(H,12,15)(H,13,16,18);1H2/t5-;/m0./s1. The number of aromatic amines is 1. The van der Waals surface area contributed by atoms with Crippen molar-refractivity contribution < 1.29 is 24.2 Å². The van der Waals surface area contributed by atoms with E-state index < -0.39 is 41.5 Å². The second-order valence-corrected chi connectivity index (χ2v) is 3.68. The number of rotatable bonds is 4. The number of carbonyl (C=O) groups is 2. The minimum atomic E-state index is -1.19. The van der Waals surface area contributed by atoms with E-state index in [2.05, 4.69) is 10.1 Å². The smallest absolute Gasteiger partial charge is 0.328 e. The van der Waals surface area contributed by atoms with Crippen LogP contribution in [-0.2, 0) is 20.9 Å². The molecule has 9 nitrogen and oxygen atoms in total. The van der Waals surface area contributed by atoms with Crippen molar-refractivity contribution in [3.8, 4) is 0 Å². The zero-order valence-corrected chi connectivity index (χ0v) is 10.7. The van der Waals surface area contributed by atoms with Gasteiger partial charge >= 0.3 is 11.7 Å². The van der Waals surface area contributed by atoms with Crippen LogP contribution < -0.4 is 16.6 Å². The molecule has 10 heteroatoms. The second-order valence-electron chi connectivity index (χ2n) is 3.68. The van der Waals surface area contributed by atoms with E-state index in [9.17, 15) is 23.6 Å². The number of carbonyl (C=O) groups excluding carboxylic acids is 2. The van der Waals surface area contributed by atoms with E-state index in [-0.39, 0.29) is 5.48 Å². The van der Waals surface area contributed by atoms with Crippen LogP contribution in [0.15, 0.2) is 15.8 Å². The van der Waals surface area contributed by atoms with Crippen LogP contribution in [0.3, 0.4) is 0 Å². The molecule has 1 aromatic rings. The van der Waals surface area contributed by atoms with Gasteiger partial charge in [-0.1, -0.05) is 0 Å². The Morgan fingerprint density at radius 1 is 1.50 bits per heavy atom. The summed E-state index contributed by atoms with van der Waals surface area (Å²) in [6.07, 6.45) is 0.615. The summed E-state index contributed by atoms with van der Waals surface area (Å²) >= 11 is 0. The molecule has 0 spiro atoms. The summed E-state index contributed by atoms with van der Waals surface area (Å²) in [7, 11) is 1.16. The van der Waals surface area contributed by atoms with Crippen molar-refractivity contribution in [1.29, 1.82) is 0 Å². The molecule has 20 heavy (non-hydrogen) atoms. The van der Waals surface area contributed by atoms with Gasteiger partial charge in [0, 0.05) is 0 Å². The molecule has 1 atom stereocenters. The Labute approximate surface area is 111 Å². The highest BCUT2D eigenvalue weighted by atomic mass is 19.1. The topological polar surface area (TPSA) is 142 Å². The van der Waals surface area contributed by atoms with Crippen LogP contribution in [0, 0.1) is 5.82 Å². The minimum absolute atomic E-state index is 0. The number of nitrogens with one attached hydrogen (secondary N) is 2. The molecule has 0 radical (unpaired) electrons. The summed E-state index contributed by atoms with van der Waals surface area (Å²) in [5, 5.41) is 2.25. The first-order valence-corrected chi connectivity index (χ1v) is 5.21. The number of amides is 1. The largest absolute Gasteiger partial charge is 0.467 e. The van der Waals surface area contributed by atoms with Crippen molar-refractivity contribution in [2.45, 2.75) is 19.5 Å². The first-order chi connectivity index (χ1) is 8.85. The van der Waals surface area contributed by atoms with Gasteiger partial charge in [-0.15, -0.1) is 0 Å². The van der Waals surface area contributed by atoms with Crippen molar-refractivity contribution in [2.75, 3.05) is 7.11 Å². The van der Waals surface area contributed by atoms with Gasteiger partial charge in [-0.3, -0.25) is 19.1 Å². The number of hydrogen-bond acceptors (Lipinski definition) is 5. The fourth-order valence-corrected chi connectivity index (χ4v) is 1.28. The predicted octanol–water partition coefficient (Wildman–Crippen LogP) is -2.47. The fraction of sp³-hybridized carbons (Fsp3) is 0.400. The SMILES string of the molecule is COC(=O)[C@H](C)NC(=O)Cn1cc(F)c(=O)[nH]c1=O.O. The number of H-pyrrole nitrogens is 1. The van der Waals surface area contributed by atoms with E-state index in [1.807, 2.05) is 0 Å². The predicted molar refractivity (Wildman–Crippen MR) is 64.5 cm³/mol. The highest BCUT2D eigenvalue weighted by Crippen LogP contribution is 1.88. The normalized spacial score (nSPS) is 11.2. The number of esters is 1. The molecule has 0 saturated carbocycles. The van der Waals surface area contributed by atoms with Crippen LogP contribution in [0.25, 0.3) is 0 Å². The average Bonchev–Trinajstić information content (AvgIpc) is 2.34. The van der Waals surface area contributed by atoms with Gasteiger partial charge in [0.05, 0.1) is 13.3 Å². The van der Waals surface area contributed by atoms with E-state index in [4.69, 9.17) is 0 Å². The average molecular weight is 291 g/mol. The Kier molecular flexibility index (Phi) is 6.29. The molecule has 0 bridgehead atoms. The van der Waals surface area contributed by atoms with Crippen LogP contribution in [0.4, 0.5) is 4.39 Å². The zero-order valence-electron chi connectivity index (χ0n) is 10.7. The molecule has 112 valence electrons. The van der Waals surface area contributed by atoms with Crippen LogP contribution in [0.5, 0.6) is 0 Å². The molecule has 0 fully saturated rings.